The molecule has 0 aliphatic heterocycles. The minimum Gasteiger partial charge on any atom is -0.341 e. The van der Waals surface area contributed by atoms with Crippen LogP contribution in [0.2, 0.25) is 0 Å². The molecule has 2 nitrogen and oxygen atoms in total. The summed E-state index contributed by atoms with van der Waals surface area (Å²) < 4.78 is 11.2. The first-order chi connectivity index (χ1) is 4.54. The molecule has 0 rings (SSSR count). The molecule has 0 radical (unpaired) electrons. The molecule has 0 bridgehead atoms. The van der Waals surface area contributed by atoms with Gasteiger partial charge in [-0.3, -0.25) is 4.57 Å². The molecule has 0 aliphatic carbocycles. The lowest BCUT2D eigenvalue weighted by Gasteiger charge is -2.12. The molecule has 2 atom stereocenters. The molecule has 60 valence electrons. The predicted octanol–water partition coefficient (Wildman–Crippen LogP) is 2.59. The van der Waals surface area contributed by atoms with Crippen molar-refractivity contribution in [3.63, 3.8) is 0 Å². The Morgan fingerprint density at radius 1 is 1.70 bits per heavy atom. The van der Waals surface area contributed by atoms with Crippen LogP contribution in [0.1, 0.15) is 27.2 Å². The van der Waals surface area contributed by atoms with E-state index in [9.17, 15) is 9.46 Å². The Hall–Kier alpha value is -0.0700. The highest BCUT2D eigenvalue weighted by molar-refractivity contribution is 7.61. The largest absolute Gasteiger partial charge is 0.341 e. The van der Waals surface area contributed by atoms with Crippen LogP contribution in [0, 0.1) is 0 Å². The normalized spacial score (nSPS) is 20.8. The Balaban J connectivity index is 4.25. The van der Waals surface area contributed by atoms with Gasteiger partial charge in [0.05, 0.1) is 0 Å². The van der Waals surface area contributed by atoms with Gasteiger partial charge in [0.2, 0.25) is 7.37 Å². The third-order valence-corrected chi connectivity index (χ3v) is 3.94. The van der Waals surface area contributed by atoms with E-state index in [-0.39, 0.29) is 5.66 Å². The van der Waals surface area contributed by atoms with Gasteiger partial charge < -0.3 is 4.89 Å². The molecule has 0 aliphatic rings. The lowest BCUT2D eigenvalue weighted by atomic mass is 10.4. The summed E-state index contributed by atoms with van der Waals surface area (Å²) in [6, 6.07) is 0. The van der Waals surface area contributed by atoms with Gasteiger partial charge in [0.1, 0.15) is 0 Å². The molecule has 0 aromatic rings. The van der Waals surface area contributed by atoms with E-state index >= 15 is 0 Å². The fourth-order valence-corrected chi connectivity index (χ4v) is 1.87. The van der Waals surface area contributed by atoms with Crippen LogP contribution in [0.3, 0.4) is 0 Å². The van der Waals surface area contributed by atoms with Crippen molar-refractivity contribution in [2.45, 2.75) is 32.9 Å². The molecule has 0 aromatic carbocycles. The quantitative estimate of drug-likeness (QED) is 0.647. The second-order valence-electron chi connectivity index (χ2n) is 2.41. The molecule has 10 heavy (non-hydrogen) atoms. The summed E-state index contributed by atoms with van der Waals surface area (Å²) in [5.41, 5.74) is -0.108. The summed E-state index contributed by atoms with van der Waals surface area (Å²) in [7, 11) is -2.96. The first kappa shape index (κ1) is 9.93. The van der Waals surface area contributed by atoms with Crippen molar-refractivity contribution in [1.29, 1.82) is 0 Å². The Morgan fingerprint density at radius 3 is 2.50 bits per heavy atom. The van der Waals surface area contributed by atoms with Gasteiger partial charge >= 0.3 is 0 Å². The predicted molar refractivity (Wildman–Crippen MR) is 44.4 cm³/mol. The zero-order valence-corrected chi connectivity index (χ0v) is 7.64. The molecular weight excluding hydrogens is 147 g/mol. The van der Waals surface area contributed by atoms with Crippen molar-refractivity contribution in [2.24, 2.45) is 0 Å². The van der Waals surface area contributed by atoms with Gasteiger partial charge in [0, 0.05) is 5.66 Å². The van der Waals surface area contributed by atoms with E-state index in [4.69, 9.17) is 0 Å². The molecule has 0 fully saturated rings. The summed E-state index contributed by atoms with van der Waals surface area (Å²) in [6.45, 7) is 5.46. The summed E-state index contributed by atoms with van der Waals surface area (Å²) in [5, 5.41) is 0. The van der Waals surface area contributed by atoms with Crippen molar-refractivity contribution in [1.82, 2.24) is 0 Å². The van der Waals surface area contributed by atoms with E-state index in [0.717, 1.165) is 6.42 Å². The van der Waals surface area contributed by atoms with Crippen molar-refractivity contribution in [3.8, 4) is 0 Å². The smallest absolute Gasteiger partial charge is 0.224 e. The SMILES string of the molecule is C/C=C\P(=O)(O)C(C)CC. The van der Waals surface area contributed by atoms with Crippen LogP contribution in [0.15, 0.2) is 11.9 Å². The molecular formula is C7H15O2P. The molecule has 0 heterocycles. The Kier molecular flexibility index (Phi) is 3.92. The number of rotatable bonds is 3. The van der Waals surface area contributed by atoms with Crippen molar-refractivity contribution in [2.75, 3.05) is 0 Å². The van der Waals surface area contributed by atoms with Crippen molar-refractivity contribution >= 4 is 7.37 Å². The second-order valence-corrected chi connectivity index (χ2v) is 4.94. The molecule has 0 spiro atoms. The fraction of sp³-hybridized carbons (Fsp3) is 0.714. The summed E-state index contributed by atoms with van der Waals surface area (Å²) in [6.07, 6.45) is 2.38. The molecule has 0 amide bonds. The maximum Gasteiger partial charge on any atom is 0.224 e. The van der Waals surface area contributed by atoms with Gasteiger partial charge in [0.25, 0.3) is 0 Å². The third-order valence-electron chi connectivity index (χ3n) is 1.59. The molecule has 0 saturated carbocycles. The third kappa shape index (κ3) is 2.68. The molecule has 0 saturated heterocycles. The van der Waals surface area contributed by atoms with Crippen LogP contribution in [0.5, 0.6) is 0 Å². The van der Waals surface area contributed by atoms with E-state index in [1.165, 1.54) is 5.82 Å². The van der Waals surface area contributed by atoms with Crippen LogP contribution in [-0.2, 0) is 4.57 Å². The van der Waals surface area contributed by atoms with Crippen LogP contribution >= 0.6 is 7.37 Å². The molecule has 0 aromatic heterocycles. The Morgan fingerprint density at radius 2 is 2.20 bits per heavy atom. The van der Waals surface area contributed by atoms with Crippen LogP contribution in [0.25, 0.3) is 0 Å². The van der Waals surface area contributed by atoms with Crippen LogP contribution < -0.4 is 0 Å². The van der Waals surface area contributed by atoms with Gasteiger partial charge in [0.15, 0.2) is 0 Å². The number of hydrogen-bond acceptors (Lipinski definition) is 1. The zero-order valence-electron chi connectivity index (χ0n) is 6.74. The maximum atomic E-state index is 11.2. The molecule has 3 heteroatoms. The lowest BCUT2D eigenvalue weighted by molar-refractivity contribution is 0.475. The van der Waals surface area contributed by atoms with Gasteiger partial charge in [-0.2, -0.15) is 0 Å². The van der Waals surface area contributed by atoms with Gasteiger partial charge in [-0.05, 0) is 19.2 Å². The first-order valence-electron chi connectivity index (χ1n) is 3.50. The summed E-state index contributed by atoms with van der Waals surface area (Å²) in [4.78, 5) is 9.25. The zero-order chi connectivity index (χ0) is 8.20. The highest BCUT2D eigenvalue weighted by Crippen LogP contribution is 2.48. The monoisotopic (exact) mass is 162 g/mol. The average molecular weight is 162 g/mol. The first-order valence-corrected chi connectivity index (χ1v) is 5.30. The second kappa shape index (κ2) is 3.95. The van der Waals surface area contributed by atoms with Crippen molar-refractivity contribution in [3.05, 3.63) is 11.9 Å². The minimum absolute atomic E-state index is 0.108. The van der Waals surface area contributed by atoms with Gasteiger partial charge in [-0.15, -0.1) is 0 Å². The number of allylic oxidation sites excluding steroid dienone is 1. The summed E-state index contributed by atoms with van der Waals surface area (Å²) >= 11 is 0. The molecule has 2 unspecified atom stereocenters. The Bertz CT molecular complexity index is 163. The minimum atomic E-state index is -2.96. The van der Waals surface area contributed by atoms with E-state index in [0.29, 0.717) is 0 Å². The highest BCUT2D eigenvalue weighted by atomic mass is 31.2. The topological polar surface area (TPSA) is 37.3 Å². The number of hydrogen-bond donors (Lipinski definition) is 1. The van der Waals surface area contributed by atoms with Gasteiger partial charge in [-0.1, -0.05) is 19.9 Å². The average Bonchev–Trinajstić information content (AvgIpc) is 1.86. The fourth-order valence-electron chi connectivity index (χ4n) is 0.622. The van der Waals surface area contributed by atoms with E-state index in [2.05, 4.69) is 0 Å². The van der Waals surface area contributed by atoms with E-state index < -0.39 is 7.37 Å². The summed E-state index contributed by atoms with van der Waals surface area (Å²) in [5.74, 6) is 1.40. The van der Waals surface area contributed by atoms with Crippen LogP contribution in [-0.4, -0.2) is 10.6 Å². The lowest BCUT2D eigenvalue weighted by Crippen LogP contribution is -1.98. The molecule has 1 N–H and O–H groups in total. The van der Waals surface area contributed by atoms with Crippen LogP contribution in [0.4, 0.5) is 0 Å². The highest BCUT2D eigenvalue weighted by Gasteiger charge is 2.20. The Labute approximate surface area is 62.4 Å². The van der Waals surface area contributed by atoms with E-state index in [1.807, 2.05) is 6.92 Å². The van der Waals surface area contributed by atoms with E-state index in [1.54, 1.807) is 19.9 Å². The van der Waals surface area contributed by atoms with Gasteiger partial charge in [-0.25, -0.2) is 0 Å². The van der Waals surface area contributed by atoms with Crippen molar-refractivity contribution < 1.29 is 9.46 Å². The maximum absolute atomic E-state index is 11.2. The standard InChI is InChI=1S/C7H15O2P/c1-4-6-10(8,9)7(3)5-2/h4,6-7H,5H2,1-3H3,(H,8,9)/b6-4-.